The van der Waals surface area contributed by atoms with Crippen LogP contribution < -0.4 is 10.2 Å². The lowest BCUT2D eigenvalue weighted by Gasteiger charge is -2.27. The molecule has 0 atom stereocenters. The van der Waals surface area contributed by atoms with Gasteiger partial charge in [-0.15, -0.1) is 5.10 Å². The van der Waals surface area contributed by atoms with E-state index in [1.165, 1.54) is 24.3 Å². The van der Waals surface area contributed by atoms with Crippen molar-refractivity contribution in [3.05, 3.63) is 106 Å². The Balaban J connectivity index is 1.24. The van der Waals surface area contributed by atoms with Crippen molar-refractivity contribution in [3.63, 3.8) is 0 Å². The van der Waals surface area contributed by atoms with Gasteiger partial charge in [-0.1, -0.05) is 48.8 Å². The number of nitrogens with zero attached hydrogens (tertiary/aromatic N) is 9. The average molecular weight is 1030 g/mol. The first-order chi connectivity index (χ1) is 32.6. The molecule has 0 bridgehead atoms. The number of rotatable bonds is 25. The fourth-order valence-corrected chi connectivity index (χ4v) is 10.3. The summed E-state index contributed by atoms with van der Waals surface area (Å²) in [5.41, 5.74) is 12.2. The molecule has 3 heterocycles. The zero-order chi connectivity index (χ0) is 51.7. The van der Waals surface area contributed by atoms with Crippen molar-refractivity contribution in [2.45, 2.75) is 126 Å². The fraction of sp³-hybridized carbons (Fsp3) is 0.532. The number of aromatic nitrogens is 3. The quantitative estimate of drug-likeness (QED) is 0.0124. The second kappa shape index (κ2) is 22.9. The van der Waals surface area contributed by atoms with Crippen LogP contribution in [0.25, 0.3) is 10.4 Å². The van der Waals surface area contributed by atoms with Crippen molar-refractivity contribution < 1.29 is 48.3 Å². The maximum Gasteiger partial charge on any atom is 0.294 e. The first kappa shape index (κ1) is 55.7. The fourth-order valence-electron chi connectivity index (χ4n) is 8.83. The summed E-state index contributed by atoms with van der Waals surface area (Å²) in [6, 6.07) is 8.81. The van der Waals surface area contributed by atoms with Crippen LogP contribution in [-0.4, -0.2) is 120 Å². The highest BCUT2D eigenvalue weighted by Crippen LogP contribution is 2.49. The minimum atomic E-state index is -4.50. The number of anilines is 1. The van der Waals surface area contributed by atoms with Gasteiger partial charge in [0.05, 0.1) is 38.4 Å². The SMILES string of the molecule is CC1(C)C(=CC=CC=CC2=[N+](CCCS(=O)(=O)O)c3ccc(S(=O)(=O)O)cc3C2(C)C)N(CCCCCC(=O)NCCCN(CCCN=[N+]=[N-])Cc2cn(C(C)(C)C)nn2)c2ccc(S(=O)(=O)O)cc21. The number of azide groups is 1. The lowest BCUT2D eigenvalue weighted by atomic mass is 9.81. The van der Waals surface area contributed by atoms with Crippen LogP contribution in [0.1, 0.15) is 110 Å². The van der Waals surface area contributed by atoms with Crippen molar-refractivity contribution in [1.82, 2.24) is 25.2 Å². The molecule has 0 unspecified atom stereocenters. The Morgan fingerprint density at radius 2 is 1.54 bits per heavy atom. The first-order valence-electron chi connectivity index (χ1n) is 23.2. The van der Waals surface area contributed by atoms with Crippen LogP contribution in [0.2, 0.25) is 0 Å². The van der Waals surface area contributed by atoms with Gasteiger partial charge in [0, 0.05) is 85.0 Å². The highest BCUT2D eigenvalue weighted by molar-refractivity contribution is 7.86. The molecule has 2 aliphatic heterocycles. The molecule has 0 radical (unpaired) electrons. The molecule has 0 saturated carbocycles. The van der Waals surface area contributed by atoms with E-state index in [1.807, 2.05) is 67.5 Å². The number of unbranched alkanes of at least 4 members (excludes halogenated alkanes) is 2. The summed E-state index contributed by atoms with van der Waals surface area (Å²) in [6.07, 6.45) is 15.1. The summed E-state index contributed by atoms with van der Waals surface area (Å²) in [6.45, 7) is 17.5. The third-order valence-electron chi connectivity index (χ3n) is 12.5. The molecule has 70 heavy (non-hydrogen) atoms. The summed E-state index contributed by atoms with van der Waals surface area (Å²) in [4.78, 5) is 19.6. The van der Waals surface area contributed by atoms with Gasteiger partial charge in [-0.05, 0) is 114 Å². The van der Waals surface area contributed by atoms with Gasteiger partial charge in [0.1, 0.15) is 6.54 Å². The molecule has 4 N–H and O–H groups in total. The molecule has 1 amide bonds. The molecular weight excluding hydrogens is 961 g/mol. The van der Waals surface area contributed by atoms with Crippen molar-refractivity contribution >= 4 is 53.3 Å². The summed E-state index contributed by atoms with van der Waals surface area (Å²) < 4.78 is 104. The Bertz CT molecular complexity index is 2910. The summed E-state index contributed by atoms with van der Waals surface area (Å²) in [5.74, 6) is -0.516. The maximum absolute atomic E-state index is 12.9. The van der Waals surface area contributed by atoms with Crippen molar-refractivity contribution in [2.24, 2.45) is 5.11 Å². The lowest BCUT2D eigenvalue weighted by Crippen LogP contribution is -2.31. The number of allylic oxidation sites excluding steroid dienone is 6. The van der Waals surface area contributed by atoms with Crippen LogP contribution in [0.15, 0.2) is 93.6 Å². The van der Waals surface area contributed by atoms with E-state index in [-0.39, 0.29) is 34.2 Å². The zero-order valence-corrected chi connectivity index (χ0v) is 43.4. The minimum absolute atomic E-state index is 0.0423. The van der Waals surface area contributed by atoms with Gasteiger partial charge in [0.2, 0.25) is 11.6 Å². The summed E-state index contributed by atoms with van der Waals surface area (Å²) >= 11 is 0. The van der Waals surface area contributed by atoms with E-state index in [1.54, 1.807) is 18.2 Å². The zero-order valence-electron chi connectivity index (χ0n) is 41.0. The van der Waals surface area contributed by atoms with Gasteiger partial charge < -0.3 is 10.2 Å². The molecule has 20 nitrogen and oxygen atoms in total. The first-order valence-corrected chi connectivity index (χ1v) is 27.7. The average Bonchev–Trinajstić information content (AvgIpc) is 3.88. The molecule has 0 saturated heterocycles. The topological polar surface area (TPSA) is 281 Å². The lowest BCUT2D eigenvalue weighted by molar-refractivity contribution is -0.437. The number of hydrogen-bond acceptors (Lipinski definition) is 12. The van der Waals surface area contributed by atoms with E-state index >= 15 is 0 Å². The Labute approximate surface area is 412 Å². The van der Waals surface area contributed by atoms with Gasteiger partial charge in [-0.3, -0.25) is 23.4 Å². The van der Waals surface area contributed by atoms with E-state index in [9.17, 15) is 43.7 Å². The van der Waals surface area contributed by atoms with Gasteiger partial charge in [-0.2, -0.15) is 29.8 Å². The number of hydrogen-bond donors (Lipinski definition) is 4. The van der Waals surface area contributed by atoms with Crippen LogP contribution in [-0.2, 0) is 58.1 Å². The molecule has 5 rings (SSSR count). The van der Waals surface area contributed by atoms with Crippen LogP contribution in [0.5, 0.6) is 0 Å². The smallest absolute Gasteiger partial charge is 0.294 e. The predicted molar refractivity (Wildman–Crippen MR) is 268 cm³/mol. The maximum atomic E-state index is 12.9. The molecule has 1 aromatic heterocycles. The van der Waals surface area contributed by atoms with Crippen LogP contribution in [0, 0.1) is 0 Å². The number of benzene rings is 2. The molecule has 0 fully saturated rings. The normalized spacial score (nSPS) is 16.4. The molecule has 0 aliphatic carbocycles. The van der Waals surface area contributed by atoms with Crippen LogP contribution in [0.4, 0.5) is 11.4 Å². The third kappa shape index (κ3) is 14.7. The van der Waals surface area contributed by atoms with Crippen LogP contribution >= 0.6 is 0 Å². The number of nitrogens with one attached hydrogen (secondary N) is 1. The van der Waals surface area contributed by atoms with Gasteiger partial charge in [0.15, 0.2) is 5.71 Å². The largest absolute Gasteiger partial charge is 0.356 e. The molecule has 382 valence electrons. The van der Waals surface area contributed by atoms with Crippen LogP contribution in [0.3, 0.4) is 0 Å². The molecule has 23 heteroatoms. The highest BCUT2D eigenvalue weighted by atomic mass is 32.2. The highest BCUT2D eigenvalue weighted by Gasteiger charge is 2.45. The number of carbonyl (C=O) groups is 1. The molecule has 3 aromatic rings. The Morgan fingerprint density at radius 3 is 2.19 bits per heavy atom. The number of amides is 1. The molecular formula is C47H67N10O10S3+. The summed E-state index contributed by atoms with van der Waals surface area (Å²) in [7, 11) is -13.2. The Hall–Kier alpha value is -5.26. The molecule has 0 spiro atoms. The van der Waals surface area contributed by atoms with E-state index < -0.39 is 46.9 Å². The molecule has 2 aromatic carbocycles. The van der Waals surface area contributed by atoms with E-state index in [0.29, 0.717) is 81.8 Å². The summed E-state index contributed by atoms with van der Waals surface area (Å²) in [5, 5.41) is 15.3. The van der Waals surface area contributed by atoms with Gasteiger partial charge in [-0.25, -0.2) is 4.68 Å². The van der Waals surface area contributed by atoms with Gasteiger partial charge >= 0.3 is 0 Å². The second-order valence-electron chi connectivity index (χ2n) is 19.6. The van der Waals surface area contributed by atoms with Crippen molar-refractivity contribution in [3.8, 4) is 0 Å². The third-order valence-corrected chi connectivity index (χ3v) is 15.0. The Kier molecular flexibility index (Phi) is 18.2. The number of fused-ring (bicyclic) bond motifs is 2. The van der Waals surface area contributed by atoms with E-state index in [2.05, 4.69) is 56.2 Å². The van der Waals surface area contributed by atoms with Crippen molar-refractivity contribution in [2.75, 3.05) is 49.9 Å². The van der Waals surface area contributed by atoms with Crippen molar-refractivity contribution in [1.29, 1.82) is 0 Å². The molecule has 2 aliphatic rings. The van der Waals surface area contributed by atoms with E-state index in [4.69, 9.17) is 5.53 Å². The second-order valence-corrected chi connectivity index (χ2v) is 24.0. The predicted octanol–water partition coefficient (Wildman–Crippen LogP) is 7.24. The number of carbonyl (C=O) groups excluding carboxylic acids is 1. The standard InChI is InChI=1S/C47H66N10O10S3/c1-45(2,3)57-34-35(51-53-57)33-54(27-15-25-50-52-48)26-14-24-49-44(58)19-12-9-13-28-55-40-22-20-36(69(62,63)64)31-38(40)46(4,5)42(55)17-10-8-11-18-43-47(6,7)39-32-37(70(65,66)67)21-23-41(39)56(43)29-16-30-68(59,60)61/h8,10-11,17-18,20-23,31-32,34H,9,12-16,19,24-30,33H2,1-7H3,(H3-,49,58,59,60,61,62,63,64,65,66,67)/p+1. The van der Waals surface area contributed by atoms with E-state index in [0.717, 1.165) is 35.6 Å². The Morgan fingerprint density at radius 1 is 0.871 bits per heavy atom. The monoisotopic (exact) mass is 1030 g/mol. The van der Waals surface area contributed by atoms with Gasteiger partial charge in [0.25, 0.3) is 30.4 Å². The minimum Gasteiger partial charge on any atom is -0.356 e.